The molecule has 0 spiro atoms. The van der Waals surface area contributed by atoms with Crippen molar-refractivity contribution in [1.29, 1.82) is 0 Å². The summed E-state index contributed by atoms with van der Waals surface area (Å²) in [6.45, 7) is 0.446. The highest BCUT2D eigenvalue weighted by Crippen LogP contribution is 2.19. The highest BCUT2D eigenvalue weighted by molar-refractivity contribution is 6.31. The van der Waals surface area contributed by atoms with Crippen LogP contribution in [-0.2, 0) is 0 Å². The molecule has 21 heavy (non-hydrogen) atoms. The van der Waals surface area contributed by atoms with Gasteiger partial charge in [0.25, 0.3) is 5.91 Å². The normalized spacial score (nSPS) is 10.2. The Hall–Kier alpha value is -2.27. The first-order valence-electron chi connectivity index (χ1n) is 6.29. The zero-order chi connectivity index (χ0) is 15.2. The molecule has 4 nitrogen and oxygen atoms in total. The zero-order valence-electron chi connectivity index (χ0n) is 11.1. The van der Waals surface area contributed by atoms with E-state index in [-0.39, 0.29) is 23.7 Å². The quantitative estimate of drug-likeness (QED) is 0.659. The van der Waals surface area contributed by atoms with Crippen molar-refractivity contribution in [1.82, 2.24) is 5.32 Å². The van der Waals surface area contributed by atoms with E-state index in [1.807, 2.05) is 0 Å². The average molecular weight is 309 g/mol. The van der Waals surface area contributed by atoms with E-state index < -0.39 is 11.7 Å². The molecule has 0 aliphatic carbocycles. The minimum Gasteiger partial charge on any atom is -0.490 e. The molecular formula is C15H14ClFN2O2. The molecule has 110 valence electrons. The Balaban J connectivity index is 1.85. The fraction of sp³-hybridized carbons (Fsp3) is 0.133. The first kappa shape index (κ1) is 15.1. The SMILES string of the molecule is Nc1ccccc1OCCNC(=O)c1cccc(Cl)c1F. The van der Waals surface area contributed by atoms with E-state index in [0.29, 0.717) is 11.4 Å². The molecule has 0 atom stereocenters. The Morgan fingerprint density at radius 1 is 1.24 bits per heavy atom. The monoisotopic (exact) mass is 308 g/mol. The highest BCUT2D eigenvalue weighted by atomic mass is 35.5. The molecule has 0 heterocycles. The number of halogens is 2. The van der Waals surface area contributed by atoms with Crippen molar-refractivity contribution >= 4 is 23.2 Å². The van der Waals surface area contributed by atoms with Crippen LogP contribution >= 0.6 is 11.6 Å². The van der Waals surface area contributed by atoms with Crippen LogP contribution in [0.2, 0.25) is 5.02 Å². The summed E-state index contributed by atoms with van der Waals surface area (Å²) in [5, 5.41) is 2.47. The lowest BCUT2D eigenvalue weighted by Crippen LogP contribution is -2.28. The van der Waals surface area contributed by atoms with Gasteiger partial charge in [-0.15, -0.1) is 0 Å². The third-order valence-corrected chi connectivity index (χ3v) is 3.05. The molecule has 0 bridgehead atoms. The Bertz CT molecular complexity index is 649. The number of rotatable bonds is 5. The molecule has 1 amide bonds. The summed E-state index contributed by atoms with van der Waals surface area (Å²) >= 11 is 5.62. The van der Waals surface area contributed by atoms with E-state index in [1.54, 1.807) is 24.3 Å². The molecule has 3 N–H and O–H groups in total. The van der Waals surface area contributed by atoms with Crippen molar-refractivity contribution in [3.05, 3.63) is 58.9 Å². The summed E-state index contributed by atoms with van der Waals surface area (Å²) in [6, 6.07) is 11.3. The second kappa shape index (κ2) is 6.95. The summed E-state index contributed by atoms with van der Waals surface area (Å²) in [4.78, 5) is 11.8. The van der Waals surface area contributed by atoms with E-state index >= 15 is 0 Å². The molecule has 0 saturated carbocycles. The molecule has 0 aliphatic rings. The number of carbonyl (C=O) groups excluding carboxylic acids is 1. The average Bonchev–Trinajstić information content (AvgIpc) is 2.48. The number of nitrogen functional groups attached to an aromatic ring is 1. The van der Waals surface area contributed by atoms with Crippen LogP contribution in [0.25, 0.3) is 0 Å². The molecule has 0 radical (unpaired) electrons. The number of nitrogens with one attached hydrogen (secondary N) is 1. The van der Waals surface area contributed by atoms with Crippen LogP contribution in [0, 0.1) is 5.82 Å². The lowest BCUT2D eigenvalue weighted by Gasteiger charge is -2.10. The maximum Gasteiger partial charge on any atom is 0.254 e. The van der Waals surface area contributed by atoms with Gasteiger partial charge in [0.1, 0.15) is 12.4 Å². The van der Waals surface area contributed by atoms with Gasteiger partial charge in [-0.1, -0.05) is 29.8 Å². The number of ether oxygens (including phenoxy) is 1. The molecule has 2 aromatic carbocycles. The number of benzene rings is 2. The Kier molecular flexibility index (Phi) is 5.00. The van der Waals surface area contributed by atoms with Crippen molar-refractivity contribution in [2.24, 2.45) is 0 Å². The summed E-state index contributed by atoms with van der Waals surface area (Å²) in [6.07, 6.45) is 0. The molecule has 0 unspecified atom stereocenters. The van der Waals surface area contributed by atoms with E-state index in [1.165, 1.54) is 18.2 Å². The van der Waals surface area contributed by atoms with E-state index in [4.69, 9.17) is 22.1 Å². The number of nitrogens with two attached hydrogens (primary N) is 1. The second-order valence-corrected chi connectivity index (χ2v) is 4.65. The highest BCUT2D eigenvalue weighted by Gasteiger charge is 2.13. The van der Waals surface area contributed by atoms with Crippen LogP contribution in [0.3, 0.4) is 0 Å². The van der Waals surface area contributed by atoms with Gasteiger partial charge in [-0.3, -0.25) is 4.79 Å². The van der Waals surface area contributed by atoms with Crippen LogP contribution < -0.4 is 15.8 Å². The van der Waals surface area contributed by atoms with Crippen molar-refractivity contribution in [2.45, 2.75) is 0 Å². The van der Waals surface area contributed by atoms with Gasteiger partial charge in [0.05, 0.1) is 22.8 Å². The van der Waals surface area contributed by atoms with Gasteiger partial charge in [-0.2, -0.15) is 0 Å². The molecule has 0 saturated heterocycles. The van der Waals surface area contributed by atoms with Gasteiger partial charge < -0.3 is 15.8 Å². The van der Waals surface area contributed by atoms with Crippen molar-refractivity contribution in [2.75, 3.05) is 18.9 Å². The fourth-order valence-electron chi connectivity index (χ4n) is 1.71. The minimum atomic E-state index is -0.732. The Labute approximate surface area is 126 Å². The van der Waals surface area contributed by atoms with Crippen LogP contribution in [0.5, 0.6) is 5.75 Å². The van der Waals surface area contributed by atoms with Gasteiger partial charge in [-0.05, 0) is 24.3 Å². The number of hydrogen-bond donors (Lipinski definition) is 2. The molecule has 0 aliphatic heterocycles. The lowest BCUT2D eigenvalue weighted by atomic mass is 10.2. The van der Waals surface area contributed by atoms with E-state index in [2.05, 4.69) is 5.32 Å². The van der Waals surface area contributed by atoms with Crippen molar-refractivity contribution in [3.8, 4) is 5.75 Å². The second-order valence-electron chi connectivity index (χ2n) is 4.24. The number of para-hydroxylation sites is 2. The summed E-state index contributed by atoms with van der Waals surface area (Å²) in [5.41, 5.74) is 6.14. The predicted molar refractivity (Wildman–Crippen MR) is 80.1 cm³/mol. The molecule has 2 rings (SSSR count). The standard InChI is InChI=1S/C15H14ClFN2O2/c16-11-5-3-4-10(14(11)17)15(20)19-8-9-21-13-7-2-1-6-12(13)18/h1-7H,8-9,18H2,(H,19,20). The van der Waals surface area contributed by atoms with Crippen LogP contribution in [0.15, 0.2) is 42.5 Å². The largest absolute Gasteiger partial charge is 0.490 e. The van der Waals surface area contributed by atoms with Crippen LogP contribution in [-0.4, -0.2) is 19.1 Å². The van der Waals surface area contributed by atoms with Gasteiger partial charge in [0.2, 0.25) is 0 Å². The van der Waals surface area contributed by atoms with Crippen LogP contribution in [0.4, 0.5) is 10.1 Å². The van der Waals surface area contributed by atoms with Gasteiger partial charge in [0.15, 0.2) is 5.82 Å². The van der Waals surface area contributed by atoms with Gasteiger partial charge >= 0.3 is 0 Å². The number of anilines is 1. The maximum absolute atomic E-state index is 13.6. The van der Waals surface area contributed by atoms with Gasteiger partial charge in [0, 0.05) is 0 Å². The number of hydrogen-bond acceptors (Lipinski definition) is 3. The predicted octanol–water partition coefficient (Wildman–Crippen LogP) is 2.87. The molecule has 0 fully saturated rings. The van der Waals surface area contributed by atoms with E-state index in [9.17, 15) is 9.18 Å². The molecule has 0 aromatic heterocycles. The fourth-order valence-corrected chi connectivity index (χ4v) is 1.89. The first-order valence-corrected chi connectivity index (χ1v) is 6.67. The minimum absolute atomic E-state index is 0.0871. The first-order chi connectivity index (χ1) is 10.1. The van der Waals surface area contributed by atoms with Crippen LogP contribution in [0.1, 0.15) is 10.4 Å². The number of amides is 1. The third kappa shape index (κ3) is 3.86. The van der Waals surface area contributed by atoms with E-state index in [0.717, 1.165) is 0 Å². The zero-order valence-corrected chi connectivity index (χ0v) is 11.9. The van der Waals surface area contributed by atoms with Crippen molar-refractivity contribution in [3.63, 3.8) is 0 Å². The Morgan fingerprint density at radius 2 is 2.00 bits per heavy atom. The smallest absolute Gasteiger partial charge is 0.254 e. The summed E-state index contributed by atoms with van der Waals surface area (Å²) < 4.78 is 19.1. The van der Waals surface area contributed by atoms with Crippen molar-refractivity contribution < 1.29 is 13.9 Å². The summed E-state index contributed by atoms with van der Waals surface area (Å²) in [5.74, 6) is -0.731. The number of carbonyl (C=O) groups is 1. The van der Waals surface area contributed by atoms with Gasteiger partial charge in [-0.25, -0.2) is 4.39 Å². The topological polar surface area (TPSA) is 64.3 Å². The third-order valence-electron chi connectivity index (χ3n) is 2.76. The maximum atomic E-state index is 13.6. The molecule has 2 aromatic rings. The Morgan fingerprint density at radius 3 is 2.76 bits per heavy atom. The molecule has 6 heteroatoms. The lowest BCUT2D eigenvalue weighted by molar-refractivity contribution is 0.0943. The molecular weight excluding hydrogens is 295 g/mol. The summed E-state index contributed by atoms with van der Waals surface area (Å²) in [7, 11) is 0.